The number of ether oxygens (including phenoxy) is 2. The molecule has 0 bridgehead atoms. The number of hydrogen-bond acceptors (Lipinski definition) is 3. The third-order valence-corrected chi connectivity index (χ3v) is 2.60. The lowest BCUT2D eigenvalue weighted by Gasteiger charge is -2.19. The zero-order chi connectivity index (χ0) is 10.1. The van der Waals surface area contributed by atoms with E-state index in [4.69, 9.17) is 14.7 Å². The van der Waals surface area contributed by atoms with Gasteiger partial charge in [-0.15, -0.1) is 0 Å². The normalized spacial score (nSPS) is 13.5. The van der Waals surface area contributed by atoms with Crippen LogP contribution < -0.4 is 9.47 Å². The third-order valence-electron chi connectivity index (χ3n) is 1.84. The van der Waals surface area contributed by atoms with Crippen LogP contribution >= 0.6 is 15.9 Å². The van der Waals surface area contributed by atoms with Crippen molar-refractivity contribution in [3.8, 4) is 17.6 Å². The van der Waals surface area contributed by atoms with Gasteiger partial charge in [0.25, 0.3) is 0 Å². The van der Waals surface area contributed by atoms with Crippen molar-refractivity contribution in [3.63, 3.8) is 0 Å². The van der Waals surface area contributed by atoms with Crippen molar-refractivity contribution in [1.29, 1.82) is 5.26 Å². The predicted molar refractivity (Wildman–Crippen MR) is 49.8 cm³/mol. The first-order valence-electron chi connectivity index (χ1n) is 3.91. The predicted octanol–water partition coefficient (Wildman–Crippen LogP) is 2.23. The molecule has 0 unspecified atom stereocenters. The van der Waals surface area contributed by atoms with Crippen LogP contribution in [0.1, 0.15) is 5.56 Å². The molecular formula is C9H5BrFNO2. The molecular weight excluding hydrogens is 253 g/mol. The summed E-state index contributed by atoms with van der Waals surface area (Å²) in [7, 11) is 0. The summed E-state index contributed by atoms with van der Waals surface area (Å²) >= 11 is 3.11. The largest absolute Gasteiger partial charge is 0.486 e. The van der Waals surface area contributed by atoms with E-state index in [1.165, 1.54) is 0 Å². The molecule has 0 N–H and O–H groups in total. The van der Waals surface area contributed by atoms with E-state index >= 15 is 0 Å². The van der Waals surface area contributed by atoms with Gasteiger partial charge in [0.05, 0.1) is 4.47 Å². The summed E-state index contributed by atoms with van der Waals surface area (Å²) in [6.45, 7) is 0.798. The van der Waals surface area contributed by atoms with Crippen molar-refractivity contribution in [1.82, 2.24) is 0 Å². The number of nitriles is 1. The average molecular weight is 258 g/mol. The molecule has 1 aromatic rings. The summed E-state index contributed by atoms with van der Waals surface area (Å²) in [6, 6.07) is 2.92. The molecule has 0 amide bonds. The molecule has 1 aromatic carbocycles. The molecule has 0 aromatic heterocycles. The van der Waals surface area contributed by atoms with Gasteiger partial charge in [-0.05, 0) is 15.9 Å². The summed E-state index contributed by atoms with van der Waals surface area (Å²) in [6.07, 6.45) is 0. The second-order valence-corrected chi connectivity index (χ2v) is 3.48. The fourth-order valence-electron chi connectivity index (χ4n) is 1.22. The summed E-state index contributed by atoms with van der Waals surface area (Å²) in [5, 5.41) is 8.68. The van der Waals surface area contributed by atoms with Crippen molar-refractivity contribution >= 4 is 15.9 Å². The molecule has 0 spiro atoms. The Morgan fingerprint density at radius 1 is 1.43 bits per heavy atom. The molecule has 5 heteroatoms. The van der Waals surface area contributed by atoms with Crippen LogP contribution in [0.25, 0.3) is 0 Å². The third kappa shape index (κ3) is 1.32. The molecule has 1 aliphatic rings. The fourth-order valence-corrected chi connectivity index (χ4v) is 1.81. The average Bonchev–Trinajstić information content (AvgIpc) is 2.18. The maximum Gasteiger partial charge on any atom is 0.177 e. The van der Waals surface area contributed by atoms with Crippen LogP contribution in [0.4, 0.5) is 4.39 Å². The first-order valence-corrected chi connectivity index (χ1v) is 4.71. The molecule has 0 saturated carbocycles. The minimum Gasteiger partial charge on any atom is -0.486 e. The van der Waals surface area contributed by atoms with Crippen LogP contribution in [-0.2, 0) is 0 Å². The molecule has 0 saturated heterocycles. The van der Waals surface area contributed by atoms with Gasteiger partial charge in [0.2, 0.25) is 0 Å². The van der Waals surface area contributed by atoms with Gasteiger partial charge in [-0.25, -0.2) is 4.39 Å². The standard InChI is InChI=1S/C9H5BrFNO2/c10-8-5(4-12)6(11)3-7-9(8)14-2-1-13-7/h3H,1-2H2. The molecule has 14 heavy (non-hydrogen) atoms. The van der Waals surface area contributed by atoms with Gasteiger partial charge < -0.3 is 9.47 Å². The van der Waals surface area contributed by atoms with E-state index in [1.54, 1.807) is 6.07 Å². The van der Waals surface area contributed by atoms with Gasteiger partial charge in [-0.2, -0.15) is 5.26 Å². The number of halogens is 2. The highest BCUT2D eigenvalue weighted by Crippen LogP contribution is 2.40. The van der Waals surface area contributed by atoms with E-state index in [0.717, 1.165) is 6.07 Å². The second kappa shape index (κ2) is 3.46. The highest BCUT2D eigenvalue weighted by atomic mass is 79.9. The maximum absolute atomic E-state index is 13.3. The Hall–Kier alpha value is -1.28. The Labute approximate surface area is 88.2 Å². The molecule has 0 radical (unpaired) electrons. The molecule has 72 valence electrons. The molecule has 3 nitrogen and oxygen atoms in total. The Balaban J connectivity index is 2.65. The van der Waals surface area contributed by atoms with E-state index in [1.807, 2.05) is 0 Å². The van der Waals surface area contributed by atoms with Gasteiger partial charge in [0.15, 0.2) is 11.5 Å². The highest BCUT2D eigenvalue weighted by molar-refractivity contribution is 9.10. The molecule has 1 heterocycles. The minimum atomic E-state index is -0.608. The molecule has 2 rings (SSSR count). The number of nitrogens with zero attached hydrogens (tertiary/aromatic N) is 1. The molecule has 0 aliphatic carbocycles. The van der Waals surface area contributed by atoms with Crippen LogP contribution in [0.15, 0.2) is 10.5 Å². The van der Waals surface area contributed by atoms with Gasteiger partial charge in [-0.3, -0.25) is 0 Å². The molecule has 1 aliphatic heterocycles. The lowest BCUT2D eigenvalue weighted by molar-refractivity contribution is 0.169. The van der Waals surface area contributed by atoms with Crippen molar-refractivity contribution in [3.05, 3.63) is 21.9 Å². The van der Waals surface area contributed by atoms with Crippen LogP contribution in [0.3, 0.4) is 0 Å². The number of fused-ring (bicyclic) bond motifs is 1. The van der Waals surface area contributed by atoms with E-state index in [2.05, 4.69) is 15.9 Å². The van der Waals surface area contributed by atoms with Crippen molar-refractivity contribution in [2.45, 2.75) is 0 Å². The van der Waals surface area contributed by atoms with Crippen molar-refractivity contribution < 1.29 is 13.9 Å². The highest BCUT2D eigenvalue weighted by Gasteiger charge is 2.21. The summed E-state index contributed by atoms with van der Waals surface area (Å²) in [5.74, 6) is 0.123. The first-order chi connectivity index (χ1) is 6.74. The lowest BCUT2D eigenvalue weighted by atomic mass is 10.2. The van der Waals surface area contributed by atoms with Gasteiger partial charge in [0.1, 0.15) is 30.7 Å². The molecule has 0 atom stereocenters. The minimum absolute atomic E-state index is 0.0609. The van der Waals surface area contributed by atoms with Crippen LogP contribution in [0.2, 0.25) is 0 Å². The quantitative estimate of drug-likeness (QED) is 0.716. The lowest BCUT2D eigenvalue weighted by Crippen LogP contribution is -2.16. The van der Waals surface area contributed by atoms with Crippen molar-refractivity contribution in [2.75, 3.05) is 13.2 Å². The molecule has 0 fully saturated rings. The van der Waals surface area contributed by atoms with E-state index < -0.39 is 5.82 Å². The van der Waals surface area contributed by atoms with Crippen LogP contribution in [0.5, 0.6) is 11.5 Å². The zero-order valence-electron chi connectivity index (χ0n) is 7.01. The van der Waals surface area contributed by atoms with Crippen LogP contribution in [-0.4, -0.2) is 13.2 Å². The second-order valence-electron chi connectivity index (χ2n) is 2.68. The number of benzene rings is 1. The fraction of sp³-hybridized carbons (Fsp3) is 0.222. The summed E-state index contributed by atoms with van der Waals surface area (Å²) in [4.78, 5) is 0. The van der Waals surface area contributed by atoms with Gasteiger partial charge in [0, 0.05) is 6.07 Å². The smallest absolute Gasteiger partial charge is 0.177 e. The van der Waals surface area contributed by atoms with E-state index in [9.17, 15) is 4.39 Å². The van der Waals surface area contributed by atoms with Gasteiger partial charge >= 0.3 is 0 Å². The Bertz CT molecular complexity index is 428. The van der Waals surface area contributed by atoms with E-state index in [-0.39, 0.29) is 5.56 Å². The monoisotopic (exact) mass is 257 g/mol. The summed E-state index contributed by atoms with van der Waals surface area (Å²) in [5.41, 5.74) is -0.0609. The number of rotatable bonds is 0. The van der Waals surface area contributed by atoms with Gasteiger partial charge in [-0.1, -0.05) is 0 Å². The SMILES string of the molecule is N#Cc1c(F)cc2c(c1Br)OCCO2. The zero-order valence-corrected chi connectivity index (χ0v) is 8.60. The van der Waals surface area contributed by atoms with Crippen LogP contribution in [0, 0.1) is 17.1 Å². The first kappa shape index (κ1) is 9.28. The Morgan fingerprint density at radius 3 is 2.86 bits per heavy atom. The maximum atomic E-state index is 13.3. The van der Waals surface area contributed by atoms with Crippen molar-refractivity contribution in [2.24, 2.45) is 0 Å². The summed E-state index contributed by atoms with van der Waals surface area (Å²) < 4.78 is 24.0. The Kier molecular flexibility index (Phi) is 2.30. The Morgan fingerprint density at radius 2 is 2.14 bits per heavy atom. The number of hydrogen-bond donors (Lipinski definition) is 0. The topological polar surface area (TPSA) is 42.2 Å². The van der Waals surface area contributed by atoms with E-state index in [0.29, 0.717) is 29.2 Å².